The molecular weight excluding hydrogens is 330 g/mol. The maximum atomic E-state index is 12.9. The Morgan fingerprint density at radius 1 is 1.27 bits per heavy atom. The van der Waals surface area contributed by atoms with Gasteiger partial charge < -0.3 is 15.5 Å². The first-order valence-electron chi connectivity index (χ1n) is 9.96. The number of carbonyl (C=O) groups excluding carboxylic acids is 2. The predicted molar refractivity (Wildman–Crippen MR) is 97.8 cm³/mol. The average Bonchev–Trinajstić information content (AvgIpc) is 3.19. The quantitative estimate of drug-likeness (QED) is 0.823. The van der Waals surface area contributed by atoms with Crippen LogP contribution in [0, 0.1) is 5.92 Å². The van der Waals surface area contributed by atoms with Gasteiger partial charge in [-0.15, -0.1) is 0 Å². The number of aryl methyl sites for hydroxylation is 1. The normalized spacial score (nSPS) is 26.1. The number of likely N-dealkylation sites (tertiary alicyclic amines) is 1. The lowest BCUT2D eigenvalue weighted by Crippen LogP contribution is -2.46. The third kappa shape index (κ3) is 3.77. The highest BCUT2D eigenvalue weighted by molar-refractivity contribution is 5.92. The van der Waals surface area contributed by atoms with Gasteiger partial charge in [0.25, 0.3) is 5.91 Å². The Kier molecular flexibility index (Phi) is 4.98. The van der Waals surface area contributed by atoms with Crippen molar-refractivity contribution in [2.75, 3.05) is 26.2 Å². The molecular formula is C19H29N5O2. The number of carbonyl (C=O) groups is 2. The molecule has 0 bridgehead atoms. The van der Waals surface area contributed by atoms with Gasteiger partial charge in [0.1, 0.15) is 0 Å². The van der Waals surface area contributed by atoms with Gasteiger partial charge in [0.15, 0.2) is 5.69 Å². The third-order valence-electron chi connectivity index (χ3n) is 5.88. The zero-order valence-corrected chi connectivity index (χ0v) is 15.5. The number of amides is 2. The topological polar surface area (TPSA) is 79.3 Å². The number of piperidine rings is 1. The number of nitrogens with one attached hydrogen (secondary N) is 2. The van der Waals surface area contributed by atoms with Gasteiger partial charge in [-0.2, -0.15) is 5.10 Å². The monoisotopic (exact) mass is 359 g/mol. The van der Waals surface area contributed by atoms with E-state index < -0.39 is 0 Å². The lowest BCUT2D eigenvalue weighted by molar-refractivity contribution is -0.123. The Morgan fingerprint density at radius 3 is 2.85 bits per heavy atom. The Morgan fingerprint density at radius 2 is 2.12 bits per heavy atom. The molecule has 2 saturated heterocycles. The van der Waals surface area contributed by atoms with Crippen molar-refractivity contribution < 1.29 is 9.59 Å². The lowest BCUT2D eigenvalue weighted by Gasteiger charge is -2.32. The summed E-state index contributed by atoms with van der Waals surface area (Å²) in [5, 5.41) is 10.7. The van der Waals surface area contributed by atoms with E-state index in [-0.39, 0.29) is 17.9 Å². The van der Waals surface area contributed by atoms with Crippen molar-refractivity contribution >= 4 is 11.8 Å². The molecule has 4 rings (SSSR count). The number of aromatic nitrogens is 2. The van der Waals surface area contributed by atoms with Crippen LogP contribution in [0.4, 0.5) is 0 Å². The molecule has 1 aromatic heterocycles. The van der Waals surface area contributed by atoms with Gasteiger partial charge in [-0.25, -0.2) is 0 Å². The maximum absolute atomic E-state index is 12.9. The van der Waals surface area contributed by atoms with Crippen molar-refractivity contribution in [3.05, 3.63) is 17.5 Å². The van der Waals surface area contributed by atoms with E-state index in [0.717, 1.165) is 38.8 Å². The minimum Gasteiger partial charge on any atom is -0.354 e. The summed E-state index contributed by atoms with van der Waals surface area (Å²) in [7, 11) is 1.93. The van der Waals surface area contributed by atoms with Crippen LogP contribution in [-0.2, 0) is 11.8 Å². The standard InChI is InChI=1S/C19H29N5O2/c1-23-17(14-6-7-14)10-16(22-23)19(26)24-9-3-4-13(12-24)11-21-18(25)15-5-2-8-20-15/h10,13-15,20H,2-9,11-12H2,1H3,(H,21,25). The van der Waals surface area contributed by atoms with Gasteiger partial charge in [-0.05, 0) is 57.1 Å². The molecule has 3 heterocycles. The van der Waals surface area contributed by atoms with Crippen LogP contribution in [0.5, 0.6) is 0 Å². The summed E-state index contributed by atoms with van der Waals surface area (Å²) in [5.74, 6) is 1.04. The highest BCUT2D eigenvalue weighted by atomic mass is 16.2. The van der Waals surface area contributed by atoms with Gasteiger partial charge in [-0.1, -0.05) is 0 Å². The summed E-state index contributed by atoms with van der Waals surface area (Å²) in [6.45, 7) is 3.06. The van der Waals surface area contributed by atoms with E-state index in [1.54, 1.807) is 0 Å². The van der Waals surface area contributed by atoms with Crippen molar-refractivity contribution in [1.82, 2.24) is 25.3 Å². The van der Waals surface area contributed by atoms with E-state index in [1.165, 1.54) is 18.5 Å². The van der Waals surface area contributed by atoms with Crippen molar-refractivity contribution in [1.29, 1.82) is 0 Å². The van der Waals surface area contributed by atoms with Crippen LogP contribution >= 0.6 is 0 Å². The third-order valence-corrected chi connectivity index (χ3v) is 5.88. The summed E-state index contributed by atoms with van der Waals surface area (Å²) < 4.78 is 1.86. The molecule has 7 nitrogen and oxygen atoms in total. The molecule has 2 N–H and O–H groups in total. The number of nitrogens with zero attached hydrogens (tertiary/aromatic N) is 3. The molecule has 2 unspecified atom stereocenters. The summed E-state index contributed by atoms with van der Waals surface area (Å²) in [4.78, 5) is 26.9. The SMILES string of the molecule is Cn1nc(C(=O)N2CCCC(CNC(=O)C3CCCN3)C2)cc1C1CC1. The zero-order valence-electron chi connectivity index (χ0n) is 15.5. The maximum Gasteiger partial charge on any atom is 0.274 e. The first kappa shape index (κ1) is 17.5. The van der Waals surface area contributed by atoms with Crippen LogP contribution in [0.1, 0.15) is 60.6 Å². The van der Waals surface area contributed by atoms with Crippen LogP contribution in [0.3, 0.4) is 0 Å². The molecule has 0 spiro atoms. The van der Waals surface area contributed by atoms with E-state index in [4.69, 9.17) is 0 Å². The van der Waals surface area contributed by atoms with E-state index >= 15 is 0 Å². The molecule has 1 saturated carbocycles. The minimum atomic E-state index is -0.0364. The smallest absolute Gasteiger partial charge is 0.274 e. The molecule has 0 radical (unpaired) electrons. The second kappa shape index (κ2) is 7.39. The Hall–Kier alpha value is -1.89. The summed E-state index contributed by atoms with van der Waals surface area (Å²) >= 11 is 0. The van der Waals surface area contributed by atoms with Crippen LogP contribution in [0.25, 0.3) is 0 Å². The number of rotatable bonds is 5. The average molecular weight is 359 g/mol. The summed E-state index contributed by atoms with van der Waals surface area (Å²) in [6.07, 6.45) is 6.43. The predicted octanol–water partition coefficient (Wildman–Crippen LogP) is 1.02. The summed E-state index contributed by atoms with van der Waals surface area (Å²) in [5.41, 5.74) is 1.74. The molecule has 3 aliphatic rings. The Balaban J connectivity index is 1.31. The van der Waals surface area contributed by atoms with Crippen LogP contribution in [0.2, 0.25) is 0 Å². The van der Waals surface area contributed by atoms with Crippen molar-refractivity contribution in [2.24, 2.45) is 13.0 Å². The van der Waals surface area contributed by atoms with Crippen LogP contribution in [-0.4, -0.2) is 58.7 Å². The molecule has 3 fully saturated rings. The van der Waals surface area contributed by atoms with Gasteiger partial charge in [0, 0.05) is 38.3 Å². The van der Waals surface area contributed by atoms with E-state index in [0.29, 0.717) is 30.6 Å². The minimum absolute atomic E-state index is 0.0287. The van der Waals surface area contributed by atoms with Gasteiger partial charge >= 0.3 is 0 Å². The lowest BCUT2D eigenvalue weighted by atomic mass is 9.97. The first-order chi connectivity index (χ1) is 12.6. The molecule has 2 atom stereocenters. The molecule has 26 heavy (non-hydrogen) atoms. The van der Waals surface area contributed by atoms with Crippen LogP contribution in [0.15, 0.2) is 6.07 Å². The highest BCUT2D eigenvalue weighted by Gasteiger charge is 2.31. The highest BCUT2D eigenvalue weighted by Crippen LogP contribution is 2.40. The molecule has 0 aromatic carbocycles. The fourth-order valence-electron chi connectivity index (χ4n) is 4.20. The fourth-order valence-corrected chi connectivity index (χ4v) is 4.20. The fraction of sp³-hybridized carbons (Fsp3) is 0.737. The largest absolute Gasteiger partial charge is 0.354 e. The Labute approximate surface area is 154 Å². The van der Waals surface area contributed by atoms with Gasteiger partial charge in [0.2, 0.25) is 5.91 Å². The van der Waals surface area contributed by atoms with Crippen LogP contribution < -0.4 is 10.6 Å². The van der Waals surface area contributed by atoms with Crippen molar-refractivity contribution in [3.8, 4) is 0 Å². The molecule has 2 aliphatic heterocycles. The van der Waals surface area contributed by atoms with E-state index in [1.807, 2.05) is 22.7 Å². The number of hydrogen-bond donors (Lipinski definition) is 2. The van der Waals surface area contributed by atoms with E-state index in [9.17, 15) is 9.59 Å². The summed E-state index contributed by atoms with van der Waals surface area (Å²) in [6, 6.07) is 1.93. The molecule has 7 heteroatoms. The second-order valence-electron chi connectivity index (χ2n) is 8.01. The van der Waals surface area contributed by atoms with Gasteiger partial charge in [-0.3, -0.25) is 14.3 Å². The van der Waals surface area contributed by atoms with Crippen molar-refractivity contribution in [2.45, 2.75) is 50.5 Å². The van der Waals surface area contributed by atoms with Crippen molar-refractivity contribution in [3.63, 3.8) is 0 Å². The molecule has 1 aliphatic carbocycles. The van der Waals surface area contributed by atoms with Gasteiger partial charge in [0.05, 0.1) is 6.04 Å². The Bertz CT molecular complexity index is 675. The number of hydrogen-bond acceptors (Lipinski definition) is 4. The second-order valence-corrected chi connectivity index (χ2v) is 8.01. The first-order valence-corrected chi connectivity index (χ1v) is 9.96. The molecule has 1 aromatic rings. The molecule has 2 amide bonds. The molecule has 142 valence electrons. The zero-order chi connectivity index (χ0) is 18.1. The van der Waals surface area contributed by atoms with E-state index in [2.05, 4.69) is 15.7 Å².